The molecule has 1 atom stereocenters. The fourth-order valence-electron chi connectivity index (χ4n) is 2.45. The van der Waals surface area contributed by atoms with E-state index < -0.39 is 0 Å². The van der Waals surface area contributed by atoms with Gasteiger partial charge in [-0.1, -0.05) is 53.2 Å². The molecule has 1 amide bonds. The van der Waals surface area contributed by atoms with Crippen molar-refractivity contribution in [3.05, 3.63) is 80.9 Å². The van der Waals surface area contributed by atoms with Crippen molar-refractivity contribution < 1.29 is 9.32 Å². The van der Waals surface area contributed by atoms with E-state index in [1.165, 1.54) is 0 Å². The zero-order valence-corrected chi connectivity index (χ0v) is 15.7. The first-order valence-corrected chi connectivity index (χ1v) is 8.80. The topological polar surface area (TPSA) is 68.0 Å². The van der Waals surface area contributed by atoms with Crippen LogP contribution in [0.3, 0.4) is 0 Å². The summed E-state index contributed by atoms with van der Waals surface area (Å²) in [6.07, 6.45) is 0.391. The van der Waals surface area contributed by atoms with Crippen molar-refractivity contribution in [1.29, 1.82) is 0 Å². The normalized spacial score (nSPS) is 12.0. The molecule has 3 rings (SSSR count). The Kier molecular flexibility index (Phi) is 5.50. The first kappa shape index (κ1) is 17.6. The Bertz CT molecular complexity index is 883. The van der Waals surface area contributed by atoms with Gasteiger partial charge in [-0.3, -0.25) is 4.79 Å². The molecule has 3 aromatic rings. The standard InChI is InChI=1S/C18H15BrClN3O2/c1-11-21-16(25-23-11)10-15(12-6-3-2-4-7-12)22-18(24)13-8-5-9-14(19)17(13)20/h2-9,15H,10H2,1H3,(H,22,24)/t15-/m1/s1. The number of nitrogens with zero attached hydrogens (tertiary/aromatic N) is 2. The minimum Gasteiger partial charge on any atom is -0.345 e. The van der Waals surface area contributed by atoms with E-state index in [0.717, 1.165) is 5.56 Å². The number of rotatable bonds is 5. The van der Waals surface area contributed by atoms with E-state index in [2.05, 4.69) is 31.4 Å². The second kappa shape index (κ2) is 7.80. The van der Waals surface area contributed by atoms with Crippen molar-refractivity contribution in [1.82, 2.24) is 15.5 Å². The Morgan fingerprint density at radius 2 is 2.00 bits per heavy atom. The largest absolute Gasteiger partial charge is 0.345 e. The summed E-state index contributed by atoms with van der Waals surface area (Å²) in [5, 5.41) is 7.18. The van der Waals surface area contributed by atoms with E-state index in [-0.39, 0.29) is 11.9 Å². The molecule has 0 saturated carbocycles. The van der Waals surface area contributed by atoms with Crippen molar-refractivity contribution in [2.24, 2.45) is 0 Å². The molecule has 0 spiro atoms. The smallest absolute Gasteiger partial charge is 0.253 e. The molecule has 0 bridgehead atoms. The highest BCUT2D eigenvalue weighted by atomic mass is 79.9. The van der Waals surface area contributed by atoms with Crippen molar-refractivity contribution in [2.75, 3.05) is 0 Å². The van der Waals surface area contributed by atoms with Crippen molar-refractivity contribution in [2.45, 2.75) is 19.4 Å². The minimum atomic E-state index is -0.316. The highest BCUT2D eigenvalue weighted by Crippen LogP contribution is 2.27. The lowest BCUT2D eigenvalue weighted by molar-refractivity contribution is 0.0935. The maximum atomic E-state index is 12.7. The van der Waals surface area contributed by atoms with Crippen molar-refractivity contribution in [3.8, 4) is 0 Å². The number of halogens is 2. The van der Waals surface area contributed by atoms with Gasteiger partial charge >= 0.3 is 0 Å². The van der Waals surface area contributed by atoms with E-state index in [9.17, 15) is 4.79 Å². The van der Waals surface area contributed by atoms with Crippen LogP contribution in [0.4, 0.5) is 0 Å². The van der Waals surface area contributed by atoms with Crippen LogP contribution < -0.4 is 5.32 Å². The van der Waals surface area contributed by atoms with Crippen molar-refractivity contribution >= 4 is 33.4 Å². The van der Waals surface area contributed by atoms with E-state index in [1.807, 2.05) is 30.3 Å². The minimum absolute atomic E-state index is 0.267. The van der Waals surface area contributed by atoms with Gasteiger partial charge in [-0.25, -0.2) is 0 Å². The second-order valence-electron chi connectivity index (χ2n) is 5.48. The predicted octanol–water partition coefficient (Wildman–Crippen LogP) is 4.51. The predicted molar refractivity (Wildman–Crippen MR) is 98.5 cm³/mol. The third kappa shape index (κ3) is 4.27. The van der Waals surface area contributed by atoms with Crippen LogP contribution in [-0.4, -0.2) is 16.0 Å². The maximum absolute atomic E-state index is 12.7. The number of hydrogen-bond acceptors (Lipinski definition) is 4. The summed E-state index contributed by atoms with van der Waals surface area (Å²) in [4.78, 5) is 16.9. The number of hydrogen-bond donors (Lipinski definition) is 1. The second-order valence-corrected chi connectivity index (χ2v) is 6.71. The number of aromatic nitrogens is 2. The molecule has 0 aliphatic carbocycles. The molecule has 0 aliphatic rings. The van der Waals surface area contributed by atoms with Crippen LogP contribution in [-0.2, 0) is 6.42 Å². The zero-order chi connectivity index (χ0) is 17.8. The fraction of sp³-hybridized carbons (Fsp3) is 0.167. The molecule has 128 valence electrons. The van der Waals surface area contributed by atoms with Crippen LogP contribution in [0, 0.1) is 6.92 Å². The molecule has 1 N–H and O–H groups in total. The average molecular weight is 421 g/mol. The van der Waals surface area contributed by atoms with Gasteiger partial charge < -0.3 is 9.84 Å². The van der Waals surface area contributed by atoms with Crippen LogP contribution in [0.15, 0.2) is 57.5 Å². The van der Waals surface area contributed by atoms with Gasteiger partial charge in [-0.05, 0) is 40.5 Å². The summed E-state index contributed by atoms with van der Waals surface area (Å²) in [7, 11) is 0. The Morgan fingerprint density at radius 3 is 2.68 bits per heavy atom. The summed E-state index contributed by atoms with van der Waals surface area (Å²) < 4.78 is 5.87. The number of nitrogens with one attached hydrogen (secondary N) is 1. The van der Waals surface area contributed by atoms with Crippen LogP contribution in [0.25, 0.3) is 0 Å². The molecular weight excluding hydrogens is 406 g/mol. The van der Waals surface area contributed by atoms with Gasteiger partial charge in [-0.15, -0.1) is 0 Å². The molecule has 2 aromatic carbocycles. The Labute approximate surface area is 158 Å². The summed E-state index contributed by atoms with van der Waals surface area (Å²) in [5.74, 6) is 0.756. The summed E-state index contributed by atoms with van der Waals surface area (Å²) in [6, 6.07) is 14.6. The molecule has 7 heteroatoms. The first-order chi connectivity index (χ1) is 12.0. The first-order valence-electron chi connectivity index (χ1n) is 7.63. The quantitative estimate of drug-likeness (QED) is 0.659. The molecule has 25 heavy (non-hydrogen) atoms. The van der Waals surface area contributed by atoms with Crippen LogP contribution in [0.1, 0.15) is 33.7 Å². The van der Waals surface area contributed by atoms with Crippen LogP contribution in [0.5, 0.6) is 0 Å². The molecule has 0 unspecified atom stereocenters. The van der Waals surface area contributed by atoms with Gasteiger partial charge in [0.15, 0.2) is 5.82 Å². The number of amides is 1. The Hall–Kier alpha value is -2.18. The summed E-state index contributed by atoms with van der Waals surface area (Å²) in [6.45, 7) is 1.75. The molecule has 0 aliphatic heterocycles. The molecular formula is C18H15BrClN3O2. The van der Waals surface area contributed by atoms with E-state index >= 15 is 0 Å². The highest BCUT2D eigenvalue weighted by Gasteiger charge is 2.21. The molecule has 0 fully saturated rings. The molecule has 5 nitrogen and oxygen atoms in total. The highest BCUT2D eigenvalue weighted by molar-refractivity contribution is 9.10. The Morgan fingerprint density at radius 1 is 1.24 bits per heavy atom. The van der Waals surface area contributed by atoms with Crippen LogP contribution >= 0.6 is 27.5 Å². The molecule has 0 saturated heterocycles. The van der Waals surface area contributed by atoms with Gasteiger partial charge in [0.1, 0.15) is 0 Å². The van der Waals surface area contributed by atoms with Crippen molar-refractivity contribution in [3.63, 3.8) is 0 Å². The van der Waals surface area contributed by atoms with E-state index in [0.29, 0.717) is 33.2 Å². The average Bonchev–Trinajstić information content (AvgIpc) is 3.02. The molecule has 0 radical (unpaired) electrons. The molecule has 1 aromatic heterocycles. The van der Waals surface area contributed by atoms with E-state index in [1.54, 1.807) is 25.1 Å². The third-order valence-corrected chi connectivity index (χ3v) is 4.95. The van der Waals surface area contributed by atoms with Gasteiger partial charge in [-0.2, -0.15) is 4.98 Å². The third-order valence-electron chi connectivity index (χ3n) is 3.65. The number of aryl methyl sites for hydroxylation is 1. The number of carbonyl (C=O) groups excluding carboxylic acids is 1. The lowest BCUT2D eigenvalue weighted by Crippen LogP contribution is -2.30. The lowest BCUT2D eigenvalue weighted by atomic mass is 10.0. The lowest BCUT2D eigenvalue weighted by Gasteiger charge is -2.18. The summed E-state index contributed by atoms with van der Waals surface area (Å²) >= 11 is 9.57. The van der Waals surface area contributed by atoms with E-state index in [4.69, 9.17) is 16.1 Å². The van der Waals surface area contributed by atoms with Gasteiger partial charge in [0.25, 0.3) is 5.91 Å². The SMILES string of the molecule is Cc1noc(C[C@@H](NC(=O)c2cccc(Br)c2Cl)c2ccccc2)n1. The molecule has 1 heterocycles. The van der Waals surface area contributed by atoms with Gasteiger partial charge in [0.05, 0.1) is 23.0 Å². The number of carbonyl (C=O) groups is 1. The fourth-order valence-corrected chi connectivity index (χ4v) is 3.03. The van der Waals surface area contributed by atoms with Crippen LogP contribution in [0.2, 0.25) is 5.02 Å². The summed E-state index contributed by atoms with van der Waals surface area (Å²) in [5.41, 5.74) is 1.34. The monoisotopic (exact) mass is 419 g/mol. The maximum Gasteiger partial charge on any atom is 0.253 e. The van der Waals surface area contributed by atoms with Gasteiger partial charge in [0, 0.05) is 4.47 Å². The zero-order valence-electron chi connectivity index (χ0n) is 13.4. The Balaban J connectivity index is 1.86. The van der Waals surface area contributed by atoms with Gasteiger partial charge in [0.2, 0.25) is 5.89 Å². The number of benzene rings is 2.